The van der Waals surface area contributed by atoms with Gasteiger partial charge in [0.25, 0.3) is 5.91 Å². The van der Waals surface area contributed by atoms with Crippen LogP contribution in [0, 0.1) is 0 Å². The summed E-state index contributed by atoms with van der Waals surface area (Å²) in [4.78, 5) is 14.9. The number of nitrogens with one attached hydrogen (secondary N) is 1. The molecule has 0 bridgehead atoms. The quantitative estimate of drug-likeness (QED) is 0.940. The molecule has 24 heavy (non-hydrogen) atoms. The number of aromatic nitrogens is 2. The first-order valence-corrected chi connectivity index (χ1v) is 8.75. The Hall–Kier alpha value is -2.14. The van der Waals surface area contributed by atoms with Crippen LogP contribution >= 0.6 is 0 Å². The van der Waals surface area contributed by atoms with E-state index in [0.717, 1.165) is 19.5 Å². The number of carbonyl (C=O) groups excluding carboxylic acids is 1. The Kier molecular flexibility index (Phi) is 5.00. The SMILES string of the molecule is CCc1ccc(C2CNCCN2C(=O)c2ccn(C(C)C)n2)cc1. The normalized spacial score (nSPS) is 18.2. The van der Waals surface area contributed by atoms with E-state index in [1.54, 1.807) is 0 Å². The van der Waals surface area contributed by atoms with Gasteiger partial charge in [-0.2, -0.15) is 5.10 Å². The smallest absolute Gasteiger partial charge is 0.274 e. The highest BCUT2D eigenvalue weighted by molar-refractivity contribution is 5.92. The van der Waals surface area contributed by atoms with Gasteiger partial charge in [0.05, 0.1) is 6.04 Å². The number of carbonyl (C=O) groups is 1. The van der Waals surface area contributed by atoms with Crippen molar-refractivity contribution in [2.45, 2.75) is 39.3 Å². The molecule has 128 valence electrons. The zero-order valence-corrected chi connectivity index (χ0v) is 14.7. The molecule has 1 aliphatic heterocycles. The van der Waals surface area contributed by atoms with Crippen LogP contribution < -0.4 is 5.32 Å². The summed E-state index contributed by atoms with van der Waals surface area (Å²) >= 11 is 0. The maximum atomic E-state index is 13.0. The fourth-order valence-corrected chi connectivity index (χ4v) is 3.11. The van der Waals surface area contributed by atoms with Crippen LogP contribution in [0.5, 0.6) is 0 Å². The van der Waals surface area contributed by atoms with Crippen LogP contribution in [0.25, 0.3) is 0 Å². The molecule has 1 amide bonds. The molecule has 0 radical (unpaired) electrons. The average Bonchev–Trinajstić information content (AvgIpc) is 3.12. The number of rotatable bonds is 4. The van der Waals surface area contributed by atoms with Crippen LogP contribution in [0.3, 0.4) is 0 Å². The molecular formula is C19H26N4O. The van der Waals surface area contributed by atoms with Crippen molar-refractivity contribution in [2.24, 2.45) is 0 Å². The van der Waals surface area contributed by atoms with E-state index in [4.69, 9.17) is 0 Å². The van der Waals surface area contributed by atoms with Crippen LogP contribution in [0.4, 0.5) is 0 Å². The van der Waals surface area contributed by atoms with Gasteiger partial charge in [-0.3, -0.25) is 9.48 Å². The third-order valence-electron chi connectivity index (χ3n) is 4.63. The van der Waals surface area contributed by atoms with Crippen LogP contribution in [0.1, 0.15) is 54.5 Å². The van der Waals surface area contributed by atoms with E-state index in [0.29, 0.717) is 12.2 Å². The Morgan fingerprint density at radius 2 is 2.04 bits per heavy atom. The van der Waals surface area contributed by atoms with Crippen molar-refractivity contribution >= 4 is 5.91 Å². The maximum Gasteiger partial charge on any atom is 0.274 e. The second kappa shape index (κ2) is 7.18. The zero-order chi connectivity index (χ0) is 17.1. The average molecular weight is 326 g/mol. The fourth-order valence-electron chi connectivity index (χ4n) is 3.11. The molecule has 0 spiro atoms. The Labute approximate surface area is 143 Å². The molecule has 5 heteroatoms. The minimum absolute atomic E-state index is 0.0143. The van der Waals surface area contributed by atoms with Crippen molar-refractivity contribution in [3.63, 3.8) is 0 Å². The summed E-state index contributed by atoms with van der Waals surface area (Å²) in [7, 11) is 0. The Morgan fingerprint density at radius 1 is 1.29 bits per heavy atom. The number of hydrogen-bond acceptors (Lipinski definition) is 3. The lowest BCUT2D eigenvalue weighted by molar-refractivity contribution is 0.0627. The topological polar surface area (TPSA) is 50.2 Å². The van der Waals surface area contributed by atoms with E-state index >= 15 is 0 Å². The third-order valence-corrected chi connectivity index (χ3v) is 4.63. The monoisotopic (exact) mass is 326 g/mol. The summed E-state index contributed by atoms with van der Waals surface area (Å²) in [5.74, 6) is 0.0143. The predicted octanol–water partition coefficient (Wildman–Crippen LogP) is 2.81. The molecule has 0 saturated carbocycles. The zero-order valence-electron chi connectivity index (χ0n) is 14.7. The van der Waals surface area contributed by atoms with Crippen LogP contribution in [-0.4, -0.2) is 40.2 Å². The summed E-state index contributed by atoms with van der Waals surface area (Å²) in [5.41, 5.74) is 3.02. The van der Waals surface area contributed by atoms with Gasteiger partial charge in [0.2, 0.25) is 0 Å². The van der Waals surface area contributed by atoms with Gasteiger partial charge in [0.1, 0.15) is 5.69 Å². The Morgan fingerprint density at radius 3 is 2.67 bits per heavy atom. The van der Waals surface area contributed by atoms with Crippen molar-refractivity contribution in [3.8, 4) is 0 Å². The first kappa shape index (κ1) is 16.7. The van der Waals surface area contributed by atoms with Gasteiger partial charge in [-0.15, -0.1) is 0 Å². The first-order valence-electron chi connectivity index (χ1n) is 8.75. The minimum Gasteiger partial charge on any atom is -0.328 e. The lowest BCUT2D eigenvalue weighted by Gasteiger charge is -2.36. The van der Waals surface area contributed by atoms with Gasteiger partial charge < -0.3 is 10.2 Å². The molecule has 3 rings (SSSR count). The lowest BCUT2D eigenvalue weighted by atomic mass is 10.0. The van der Waals surface area contributed by atoms with E-state index in [1.807, 2.05) is 21.8 Å². The van der Waals surface area contributed by atoms with E-state index < -0.39 is 0 Å². The van der Waals surface area contributed by atoms with Crippen LogP contribution in [0.2, 0.25) is 0 Å². The van der Waals surface area contributed by atoms with Gasteiger partial charge >= 0.3 is 0 Å². The maximum absolute atomic E-state index is 13.0. The summed E-state index contributed by atoms with van der Waals surface area (Å²) in [6.07, 6.45) is 2.91. The van der Waals surface area contributed by atoms with E-state index in [2.05, 4.69) is 55.5 Å². The standard InChI is InChI=1S/C19H26N4O/c1-4-15-5-7-16(8-6-15)18-13-20-10-12-22(18)19(24)17-9-11-23(21-17)14(2)3/h5-9,11,14,18,20H,4,10,12-13H2,1-3H3. The van der Waals surface area contributed by atoms with E-state index in [1.165, 1.54) is 11.1 Å². The number of aryl methyl sites for hydroxylation is 1. The lowest BCUT2D eigenvalue weighted by Crippen LogP contribution is -2.48. The van der Waals surface area contributed by atoms with Crippen molar-refractivity contribution in [2.75, 3.05) is 19.6 Å². The van der Waals surface area contributed by atoms with Crippen molar-refractivity contribution in [3.05, 3.63) is 53.3 Å². The molecule has 2 heterocycles. The van der Waals surface area contributed by atoms with Gasteiger partial charge in [0.15, 0.2) is 0 Å². The molecule has 0 aliphatic carbocycles. The molecule has 2 aromatic rings. The molecular weight excluding hydrogens is 300 g/mol. The number of hydrogen-bond donors (Lipinski definition) is 1. The molecule has 1 N–H and O–H groups in total. The van der Waals surface area contributed by atoms with Crippen molar-refractivity contribution in [1.29, 1.82) is 0 Å². The molecule has 1 saturated heterocycles. The van der Waals surface area contributed by atoms with Gasteiger partial charge in [-0.25, -0.2) is 0 Å². The second-order valence-corrected chi connectivity index (χ2v) is 6.59. The Balaban J connectivity index is 1.83. The van der Waals surface area contributed by atoms with Crippen LogP contribution in [0.15, 0.2) is 36.5 Å². The summed E-state index contributed by atoms with van der Waals surface area (Å²) in [5, 5.41) is 7.85. The number of benzene rings is 1. The molecule has 1 aliphatic rings. The third kappa shape index (κ3) is 3.36. The van der Waals surface area contributed by atoms with E-state index in [9.17, 15) is 4.79 Å². The highest BCUT2D eigenvalue weighted by atomic mass is 16.2. The highest BCUT2D eigenvalue weighted by Crippen LogP contribution is 2.24. The van der Waals surface area contributed by atoms with Crippen molar-refractivity contribution in [1.82, 2.24) is 20.0 Å². The molecule has 1 aromatic carbocycles. The van der Waals surface area contributed by atoms with Gasteiger partial charge in [-0.05, 0) is 37.5 Å². The number of amides is 1. The first-order chi connectivity index (χ1) is 11.6. The summed E-state index contributed by atoms with van der Waals surface area (Å²) < 4.78 is 1.83. The summed E-state index contributed by atoms with van der Waals surface area (Å²) in [6.45, 7) is 8.57. The number of nitrogens with zero attached hydrogens (tertiary/aromatic N) is 3. The fraction of sp³-hybridized carbons (Fsp3) is 0.474. The number of piperazine rings is 1. The molecule has 1 fully saturated rings. The Bertz CT molecular complexity index is 690. The summed E-state index contributed by atoms with van der Waals surface area (Å²) in [6, 6.07) is 10.7. The minimum atomic E-state index is 0.0143. The molecule has 1 aromatic heterocycles. The van der Waals surface area contributed by atoms with E-state index in [-0.39, 0.29) is 18.0 Å². The predicted molar refractivity (Wildman–Crippen MR) is 95.1 cm³/mol. The van der Waals surface area contributed by atoms with Crippen LogP contribution in [-0.2, 0) is 6.42 Å². The van der Waals surface area contributed by atoms with Gasteiger partial charge in [0, 0.05) is 31.9 Å². The largest absolute Gasteiger partial charge is 0.328 e. The van der Waals surface area contributed by atoms with Gasteiger partial charge in [-0.1, -0.05) is 31.2 Å². The molecule has 1 unspecified atom stereocenters. The highest BCUT2D eigenvalue weighted by Gasteiger charge is 2.29. The van der Waals surface area contributed by atoms with Crippen molar-refractivity contribution < 1.29 is 4.79 Å². The second-order valence-electron chi connectivity index (χ2n) is 6.59. The molecule has 1 atom stereocenters. The molecule has 5 nitrogen and oxygen atoms in total.